The van der Waals surface area contributed by atoms with Crippen molar-refractivity contribution in [2.75, 3.05) is 5.32 Å². The van der Waals surface area contributed by atoms with Crippen LogP contribution in [-0.4, -0.2) is 10.9 Å². The molecule has 21 heavy (non-hydrogen) atoms. The van der Waals surface area contributed by atoms with Crippen LogP contribution < -0.4 is 11.1 Å². The van der Waals surface area contributed by atoms with E-state index in [1.807, 2.05) is 12.1 Å². The molecule has 1 amide bonds. The second kappa shape index (κ2) is 6.99. The second-order valence-electron chi connectivity index (χ2n) is 4.92. The molecule has 3 N–H and O–H groups in total. The Morgan fingerprint density at radius 2 is 1.81 bits per heavy atom. The fourth-order valence-electron chi connectivity index (χ4n) is 2.08. The maximum absolute atomic E-state index is 12.0. The van der Waals surface area contributed by atoms with Gasteiger partial charge in [-0.1, -0.05) is 36.5 Å². The van der Waals surface area contributed by atoms with E-state index >= 15 is 0 Å². The highest BCUT2D eigenvalue weighted by molar-refractivity contribution is 7.80. The van der Waals surface area contributed by atoms with Gasteiger partial charge in [0, 0.05) is 17.7 Å². The standard InChI is InChI=1S/C17H18N2OS/c1-12-4-2-3-5-13(12)8-11-16(20)19-15-9-6-14(7-10-15)17(18)21/h2-7,9-10H,8,11H2,1H3,(H2,18,21)(H,19,20). The van der Waals surface area contributed by atoms with E-state index in [0.717, 1.165) is 17.7 Å². The van der Waals surface area contributed by atoms with Crippen molar-refractivity contribution in [3.8, 4) is 0 Å². The van der Waals surface area contributed by atoms with Gasteiger partial charge in [0.1, 0.15) is 4.99 Å². The maximum atomic E-state index is 12.0. The molecule has 108 valence electrons. The van der Waals surface area contributed by atoms with Crippen LogP contribution in [-0.2, 0) is 11.2 Å². The fraction of sp³-hybridized carbons (Fsp3) is 0.176. The van der Waals surface area contributed by atoms with Crippen molar-refractivity contribution < 1.29 is 4.79 Å². The number of carbonyl (C=O) groups excluding carboxylic acids is 1. The summed E-state index contributed by atoms with van der Waals surface area (Å²) < 4.78 is 0. The molecule has 0 aliphatic rings. The van der Waals surface area contributed by atoms with Crippen LogP contribution in [0.15, 0.2) is 48.5 Å². The van der Waals surface area contributed by atoms with Crippen molar-refractivity contribution in [1.29, 1.82) is 0 Å². The first-order valence-corrected chi connectivity index (χ1v) is 7.21. The maximum Gasteiger partial charge on any atom is 0.224 e. The van der Waals surface area contributed by atoms with Gasteiger partial charge in [-0.05, 0) is 48.7 Å². The number of rotatable bonds is 5. The smallest absolute Gasteiger partial charge is 0.224 e. The van der Waals surface area contributed by atoms with Crippen LogP contribution in [0.5, 0.6) is 0 Å². The minimum Gasteiger partial charge on any atom is -0.389 e. The quantitative estimate of drug-likeness (QED) is 0.833. The lowest BCUT2D eigenvalue weighted by atomic mass is 10.0. The number of thiocarbonyl (C=S) groups is 1. The van der Waals surface area contributed by atoms with Crippen molar-refractivity contribution in [3.05, 3.63) is 65.2 Å². The van der Waals surface area contributed by atoms with Crippen LogP contribution in [0.3, 0.4) is 0 Å². The summed E-state index contributed by atoms with van der Waals surface area (Å²) in [6, 6.07) is 15.3. The molecule has 0 atom stereocenters. The van der Waals surface area contributed by atoms with Crippen molar-refractivity contribution in [2.45, 2.75) is 19.8 Å². The molecular formula is C17H18N2OS. The molecule has 3 nitrogen and oxygen atoms in total. The van der Waals surface area contributed by atoms with E-state index in [1.54, 1.807) is 24.3 Å². The fourth-order valence-corrected chi connectivity index (χ4v) is 2.22. The van der Waals surface area contributed by atoms with Gasteiger partial charge in [-0.15, -0.1) is 0 Å². The summed E-state index contributed by atoms with van der Waals surface area (Å²) in [4.78, 5) is 12.3. The molecule has 0 saturated carbocycles. The van der Waals surface area contributed by atoms with Crippen LogP contribution in [0.1, 0.15) is 23.1 Å². The number of benzene rings is 2. The van der Waals surface area contributed by atoms with Gasteiger partial charge < -0.3 is 11.1 Å². The molecule has 0 unspecified atom stereocenters. The molecule has 4 heteroatoms. The summed E-state index contributed by atoms with van der Waals surface area (Å²) in [7, 11) is 0. The summed E-state index contributed by atoms with van der Waals surface area (Å²) in [6.07, 6.45) is 1.20. The Bertz CT molecular complexity index is 650. The first kappa shape index (κ1) is 15.2. The van der Waals surface area contributed by atoms with Gasteiger partial charge in [0.05, 0.1) is 0 Å². The largest absolute Gasteiger partial charge is 0.389 e. The van der Waals surface area contributed by atoms with Gasteiger partial charge in [-0.2, -0.15) is 0 Å². The van der Waals surface area contributed by atoms with Gasteiger partial charge in [0.2, 0.25) is 5.91 Å². The molecule has 2 aromatic rings. The highest BCUT2D eigenvalue weighted by atomic mass is 32.1. The average Bonchev–Trinajstić information content (AvgIpc) is 2.47. The van der Waals surface area contributed by atoms with E-state index in [0.29, 0.717) is 11.4 Å². The zero-order valence-corrected chi connectivity index (χ0v) is 12.7. The number of hydrogen-bond donors (Lipinski definition) is 2. The number of amides is 1. The van der Waals surface area contributed by atoms with E-state index < -0.39 is 0 Å². The third-order valence-electron chi connectivity index (χ3n) is 3.34. The molecule has 0 fully saturated rings. The summed E-state index contributed by atoms with van der Waals surface area (Å²) in [5.74, 6) is 0.00123. The Balaban J connectivity index is 1.90. The van der Waals surface area contributed by atoms with Crippen LogP contribution in [0, 0.1) is 6.92 Å². The van der Waals surface area contributed by atoms with E-state index in [9.17, 15) is 4.79 Å². The number of nitrogens with two attached hydrogens (primary N) is 1. The molecule has 0 heterocycles. The zero-order chi connectivity index (χ0) is 15.2. The Hall–Kier alpha value is -2.20. The topological polar surface area (TPSA) is 55.1 Å². The molecular weight excluding hydrogens is 280 g/mol. The lowest BCUT2D eigenvalue weighted by Crippen LogP contribution is -2.13. The van der Waals surface area contributed by atoms with Gasteiger partial charge in [0.15, 0.2) is 0 Å². The highest BCUT2D eigenvalue weighted by Crippen LogP contribution is 2.12. The van der Waals surface area contributed by atoms with Crippen LogP contribution >= 0.6 is 12.2 Å². The normalized spacial score (nSPS) is 10.1. The first-order chi connectivity index (χ1) is 10.1. The number of aryl methyl sites for hydroxylation is 2. The third kappa shape index (κ3) is 4.39. The van der Waals surface area contributed by atoms with E-state index in [-0.39, 0.29) is 5.91 Å². The van der Waals surface area contributed by atoms with Gasteiger partial charge in [0.25, 0.3) is 0 Å². The van der Waals surface area contributed by atoms with Gasteiger partial charge in [-0.25, -0.2) is 0 Å². The van der Waals surface area contributed by atoms with Crippen LogP contribution in [0.4, 0.5) is 5.69 Å². The SMILES string of the molecule is Cc1ccccc1CCC(=O)Nc1ccc(C(N)=S)cc1. The van der Waals surface area contributed by atoms with Crippen molar-refractivity contribution in [3.63, 3.8) is 0 Å². The van der Waals surface area contributed by atoms with Crippen LogP contribution in [0.2, 0.25) is 0 Å². The average molecular weight is 298 g/mol. The summed E-state index contributed by atoms with van der Waals surface area (Å²) >= 11 is 4.89. The van der Waals surface area contributed by atoms with Gasteiger partial charge >= 0.3 is 0 Å². The lowest BCUT2D eigenvalue weighted by Gasteiger charge is -2.07. The molecule has 0 aromatic heterocycles. The number of nitrogens with one attached hydrogen (secondary N) is 1. The van der Waals surface area contributed by atoms with E-state index in [4.69, 9.17) is 18.0 Å². The molecule has 2 rings (SSSR count). The Kier molecular flexibility index (Phi) is 5.06. The van der Waals surface area contributed by atoms with Crippen LogP contribution in [0.25, 0.3) is 0 Å². The number of anilines is 1. The molecule has 0 spiro atoms. The van der Waals surface area contributed by atoms with Crippen molar-refractivity contribution in [2.24, 2.45) is 5.73 Å². The Labute approximate surface area is 130 Å². The molecule has 0 radical (unpaired) electrons. The highest BCUT2D eigenvalue weighted by Gasteiger charge is 2.05. The molecule has 0 aliphatic heterocycles. The number of carbonyl (C=O) groups is 1. The Morgan fingerprint density at radius 1 is 1.14 bits per heavy atom. The summed E-state index contributed by atoms with van der Waals surface area (Å²) in [5, 5.41) is 2.87. The summed E-state index contributed by atoms with van der Waals surface area (Å²) in [5.41, 5.74) is 9.50. The molecule has 0 saturated heterocycles. The Morgan fingerprint density at radius 3 is 2.43 bits per heavy atom. The lowest BCUT2D eigenvalue weighted by molar-refractivity contribution is -0.116. The van der Waals surface area contributed by atoms with E-state index in [2.05, 4.69) is 24.4 Å². The van der Waals surface area contributed by atoms with E-state index in [1.165, 1.54) is 11.1 Å². The zero-order valence-electron chi connectivity index (χ0n) is 11.9. The monoisotopic (exact) mass is 298 g/mol. The minimum atomic E-state index is 0.00123. The predicted molar refractivity (Wildman–Crippen MR) is 90.5 cm³/mol. The third-order valence-corrected chi connectivity index (χ3v) is 3.57. The van der Waals surface area contributed by atoms with Crippen molar-refractivity contribution in [1.82, 2.24) is 0 Å². The minimum absolute atomic E-state index is 0.00123. The molecule has 0 aliphatic carbocycles. The first-order valence-electron chi connectivity index (χ1n) is 6.80. The second-order valence-corrected chi connectivity index (χ2v) is 5.36. The molecule has 0 bridgehead atoms. The van der Waals surface area contributed by atoms with Crippen molar-refractivity contribution >= 4 is 28.8 Å². The van der Waals surface area contributed by atoms with Gasteiger partial charge in [-0.3, -0.25) is 4.79 Å². The molecule has 2 aromatic carbocycles. The number of hydrogen-bond acceptors (Lipinski definition) is 2. The predicted octanol–water partition coefficient (Wildman–Crippen LogP) is 3.20. The summed E-state index contributed by atoms with van der Waals surface area (Å²) in [6.45, 7) is 2.06.